The SMILES string of the molecule is CC(=NC1C(C(C)C)CC(C)CC1C(C)C)C(CCCO[Si](C)(C)C)=NC1C(C(C)C)CC(C)CC1C(C)C. The molecular formula is C35H68N2OSi. The zero-order valence-corrected chi connectivity index (χ0v) is 29.7. The molecule has 3 nitrogen and oxygen atoms in total. The highest BCUT2D eigenvalue weighted by molar-refractivity contribution is 6.69. The molecule has 0 aliphatic heterocycles. The van der Waals surface area contributed by atoms with E-state index in [4.69, 9.17) is 14.4 Å². The molecule has 2 aliphatic carbocycles. The van der Waals surface area contributed by atoms with Crippen LogP contribution in [0.1, 0.15) is 115 Å². The van der Waals surface area contributed by atoms with Crippen LogP contribution in [0.25, 0.3) is 0 Å². The van der Waals surface area contributed by atoms with Crippen LogP contribution < -0.4 is 0 Å². The van der Waals surface area contributed by atoms with Gasteiger partial charge in [0, 0.05) is 6.61 Å². The van der Waals surface area contributed by atoms with E-state index >= 15 is 0 Å². The summed E-state index contributed by atoms with van der Waals surface area (Å²) in [5.74, 6) is 6.87. The molecule has 228 valence electrons. The molecule has 0 heterocycles. The molecule has 0 saturated heterocycles. The van der Waals surface area contributed by atoms with Crippen LogP contribution in [0.15, 0.2) is 9.98 Å². The minimum Gasteiger partial charge on any atom is -0.418 e. The van der Waals surface area contributed by atoms with Crippen molar-refractivity contribution in [3.8, 4) is 0 Å². The van der Waals surface area contributed by atoms with Crippen molar-refractivity contribution in [2.75, 3.05) is 6.61 Å². The summed E-state index contributed by atoms with van der Waals surface area (Å²) in [5.41, 5.74) is 2.51. The Morgan fingerprint density at radius 3 is 1.36 bits per heavy atom. The molecule has 2 saturated carbocycles. The fraction of sp³-hybridized carbons (Fsp3) is 0.943. The van der Waals surface area contributed by atoms with Gasteiger partial charge < -0.3 is 4.43 Å². The van der Waals surface area contributed by atoms with Gasteiger partial charge in [-0.1, -0.05) is 69.2 Å². The van der Waals surface area contributed by atoms with E-state index in [1.165, 1.54) is 37.1 Å². The van der Waals surface area contributed by atoms with Gasteiger partial charge in [0.25, 0.3) is 0 Å². The number of nitrogens with zero attached hydrogens (tertiary/aromatic N) is 2. The number of aliphatic imine (C=N–C) groups is 2. The van der Waals surface area contributed by atoms with E-state index in [-0.39, 0.29) is 0 Å². The highest BCUT2D eigenvalue weighted by Gasteiger charge is 2.41. The zero-order valence-electron chi connectivity index (χ0n) is 28.7. The van der Waals surface area contributed by atoms with Gasteiger partial charge in [-0.25, -0.2) is 0 Å². The molecule has 2 aliphatic rings. The molecule has 4 unspecified atom stereocenters. The second-order valence-corrected chi connectivity index (χ2v) is 20.6. The van der Waals surface area contributed by atoms with Gasteiger partial charge in [-0.3, -0.25) is 9.98 Å². The average molecular weight is 561 g/mol. The summed E-state index contributed by atoms with van der Waals surface area (Å²) in [5, 5.41) is 0. The van der Waals surface area contributed by atoms with E-state index < -0.39 is 8.32 Å². The molecule has 2 rings (SSSR count). The standard InChI is InChI=1S/C35H68N2OSi/c1-22(2)29-18-26(9)19-30(23(3)4)34(29)36-28(11)33(16-15-17-38-39(12,13)14)37-35-31(24(5)6)20-27(10)21-32(35)25(7)8/h22-27,29-32,34-35H,15-21H2,1-14H3. The Labute approximate surface area is 246 Å². The first kappa shape index (κ1) is 34.7. The predicted octanol–water partition coefficient (Wildman–Crippen LogP) is 10.2. The third kappa shape index (κ3) is 10.4. The highest BCUT2D eigenvalue weighted by atomic mass is 28.4. The third-order valence-corrected chi connectivity index (χ3v) is 11.1. The zero-order chi connectivity index (χ0) is 29.7. The molecule has 0 spiro atoms. The van der Waals surface area contributed by atoms with Crippen LogP contribution in [-0.4, -0.2) is 38.4 Å². The van der Waals surface area contributed by atoms with Gasteiger partial charge in [0.05, 0.1) is 23.5 Å². The first-order chi connectivity index (χ1) is 18.0. The van der Waals surface area contributed by atoms with Crippen molar-refractivity contribution in [3.05, 3.63) is 0 Å². The summed E-state index contributed by atoms with van der Waals surface area (Å²) in [4.78, 5) is 11.4. The van der Waals surface area contributed by atoms with Crippen LogP contribution in [0.2, 0.25) is 19.6 Å². The second kappa shape index (κ2) is 15.1. The number of rotatable bonds is 12. The molecule has 0 aromatic carbocycles. The van der Waals surface area contributed by atoms with E-state index in [1.54, 1.807) is 0 Å². The van der Waals surface area contributed by atoms with Crippen molar-refractivity contribution >= 4 is 19.7 Å². The summed E-state index contributed by atoms with van der Waals surface area (Å²) in [6.07, 6.45) is 7.27. The Kier molecular flexibility index (Phi) is 13.5. The van der Waals surface area contributed by atoms with E-state index in [0.717, 1.165) is 31.3 Å². The Bertz CT molecular complexity index is 757. The quantitative estimate of drug-likeness (QED) is 0.133. The molecule has 0 N–H and O–H groups in total. The van der Waals surface area contributed by atoms with Crippen LogP contribution in [0.5, 0.6) is 0 Å². The Morgan fingerprint density at radius 1 is 0.667 bits per heavy atom. The highest BCUT2D eigenvalue weighted by Crippen LogP contribution is 2.44. The fourth-order valence-corrected chi connectivity index (χ4v) is 8.48. The summed E-state index contributed by atoms with van der Waals surface area (Å²) in [6, 6.07) is 0.824. The first-order valence-corrected chi connectivity index (χ1v) is 20.2. The maximum atomic E-state index is 6.29. The van der Waals surface area contributed by atoms with Gasteiger partial charge in [0.15, 0.2) is 8.32 Å². The van der Waals surface area contributed by atoms with Crippen molar-refractivity contribution in [1.82, 2.24) is 0 Å². The normalized spacial score (nSPS) is 33.6. The van der Waals surface area contributed by atoms with Crippen LogP contribution >= 0.6 is 0 Å². The topological polar surface area (TPSA) is 34.0 Å². The Morgan fingerprint density at radius 2 is 1.03 bits per heavy atom. The van der Waals surface area contributed by atoms with Gasteiger partial charge in [0.1, 0.15) is 0 Å². The van der Waals surface area contributed by atoms with E-state index in [9.17, 15) is 0 Å². The van der Waals surface area contributed by atoms with Crippen molar-refractivity contribution in [2.24, 2.45) is 69.2 Å². The van der Waals surface area contributed by atoms with Gasteiger partial charge in [-0.05, 0) is 124 Å². The maximum absolute atomic E-state index is 6.29. The average Bonchev–Trinajstić information content (AvgIpc) is 2.80. The molecule has 39 heavy (non-hydrogen) atoms. The molecule has 0 aromatic rings. The van der Waals surface area contributed by atoms with Crippen LogP contribution in [0.3, 0.4) is 0 Å². The molecular weight excluding hydrogens is 492 g/mol. The molecule has 0 radical (unpaired) electrons. The monoisotopic (exact) mass is 561 g/mol. The lowest BCUT2D eigenvalue weighted by molar-refractivity contribution is 0.105. The fourth-order valence-electron chi connectivity index (χ4n) is 7.73. The van der Waals surface area contributed by atoms with Crippen molar-refractivity contribution in [3.63, 3.8) is 0 Å². The van der Waals surface area contributed by atoms with Crippen molar-refractivity contribution in [1.29, 1.82) is 0 Å². The summed E-state index contributed by atoms with van der Waals surface area (Å²) >= 11 is 0. The van der Waals surface area contributed by atoms with Crippen LogP contribution in [-0.2, 0) is 4.43 Å². The van der Waals surface area contributed by atoms with Crippen molar-refractivity contribution in [2.45, 2.75) is 146 Å². The van der Waals surface area contributed by atoms with E-state index in [1.807, 2.05) is 0 Å². The van der Waals surface area contributed by atoms with Gasteiger partial charge >= 0.3 is 0 Å². The molecule has 0 aromatic heterocycles. The summed E-state index contributed by atoms with van der Waals surface area (Å²) < 4.78 is 6.29. The molecule has 0 bridgehead atoms. The van der Waals surface area contributed by atoms with E-state index in [2.05, 4.69) is 95.8 Å². The minimum atomic E-state index is -1.51. The third-order valence-electron chi connectivity index (χ3n) is 10.0. The molecule has 4 heteroatoms. The molecule has 0 amide bonds. The lowest BCUT2D eigenvalue weighted by atomic mass is 9.65. The van der Waals surface area contributed by atoms with Gasteiger partial charge in [0.2, 0.25) is 0 Å². The predicted molar refractivity (Wildman–Crippen MR) is 177 cm³/mol. The smallest absolute Gasteiger partial charge is 0.183 e. The molecule has 4 atom stereocenters. The largest absolute Gasteiger partial charge is 0.418 e. The molecule has 2 fully saturated rings. The Balaban J connectivity index is 2.52. The number of hydrogen-bond acceptors (Lipinski definition) is 3. The summed E-state index contributed by atoms with van der Waals surface area (Å²) in [7, 11) is -1.51. The van der Waals surface area contributed by atoms with Gasteiger partial charge in [-0.15, -0.1) is 0 Å². The number of hydrogen-bond donors (Lipinski definition) is 0. The first-order valence-electron chi connectivity index (χ1n) is 16.8. The van der Waals surface area contributed by atoms with E-state index in [0.29, 0.717) is 59.4 Å². The van der Waals surface area contributed by atoms with Crippen molar-refractivity contribution < 1.29 is 4.43 Å². The maximum Gasteiger partial charge on any atom is 0.183 e. The lowest BCUT2D eigenvalue weighted by Gasteiger charge is -2.44. The van der Waals surface area contributed by atoms with Gasteiger partial charge in [-0.2, -0.15) is 0 Å². The Hall–Kier alpha value is -0.483. The summed E-state index contributed by atoms with van der Waals surface area (Å²) in [6.45, 7) is 34.3. The van der Waals surface area contributed by atoms with Crippen LogP contribution in [0.4, 0.5) is 0 Å². The minimum absolute atomic E-state index is 0.410. The second-order valence-electron chi connectivity index (χ2n) is 16.1. The lowest BCUT2D eigenvalue weighted by Crippen LogP contribution is -2.42. The van der Waals surface area contributed by atoms with Crippen LogP contribution in [0, 0.1) is 59.2 Å².